The standard InChI is InChI=1S/C13H12Br2N2O2/c14-10-3-8-9(5-16-12(8)4-11(10)15)13(19)17-2-1-7(18)6-17/h3-5,7,16,18H,1-2,6H2. The zero-order chi connectivity index (χ0) is 13.6. The lowest BCUT2D eigenvalue weighted by Crippen LogP contribution is -2.29. The summed E-state index contributed by atoms with van der Waals surface area (Å²) >= 11 is 6.89. The number of benzene rings is 1. The number of hydrogen-bond donors (Lipinski definition) is 2. The summed E-state index contributed by atoms with van der Waals surface area (Å²) in [7, 11) is 0. The molecule has 3 rings (SSSR count). The Kier molecular flexibility index (Phi) is 3.41. The highest BCUT2D eigenvalue weighted by atomic mass is 79.9. The number of aliphatic hydroxyl groups is 1. The van der Waals surface area contributed by atoms with E-state index in [0.717, 1.165) is 19.8 Å². The Morgan fingerprint density at radius 2 is 2.11 bits per heavy atom. The molecule has 19 heavy (non-hydrogen) atoms. The van der Waals surface area contributed by atoms with Crippen LogP contribution in [0.2, 0.25) is 0 Å². The summed E-state index contributed by atoms with van der Waals surface area (Å²) in [6.45, 7) is 1.04. The maximum atomic E-state index is 12.4. The molecule has 1 amide bonds. The molecule has 2 aromatic rings. The zero-order valence-electron chi connectivity index (χ0n) is 9.99. The van der Waals surface area contributed by atoms with Crippen molar-refractivity contribution in [2.75, 3.05) is 13.1 Å². The molecule has 0 bridgehead atoms. The SMILES string of the molecule is O=C(c1c[nH]c2cc(Br)c(Br)cc12)N1CCC(O)C1. The first-order valence-electron chi connectivity index (χ1n) is 5.99. The van der Waals surface area contributed by atoms with Crippen LogP contribution in [0.3, 0.4) is 0 Å². The van der Waals surface area contributed by atoms with Gasteiger partial charge < -0.3 is 15.0 Å². The molecular formula is C13H12Br2N2O2. The van der Waals surface area contributed by atoms with E-state index in [9.17, 15) is 9.90 Å². The van der Waals surface area contributed by atoms with Gasteiger partial charge in [0.1, 0.15) is 0 Å². The number of aromatic amines is 1. The fraction of sp³-hybridized carbons (Fsp3) is 0.308. The Hall–Kier alpha value is -0.850. The average molecular weight is 388 g/mol. The molecule has 0 aliphatic carbocycles. The van der Waals surface area contributed by atoms with Gasteiger partial charge >= 0.3 is 0 Å². The van der Waals surface area contributed by atoms with Crippen LogP contribution in [0.1, 0.15) is 16.8 Å². The van der Waals surface area contributed by atoms with Crippen molar-refractivity contribution in [3.63, 3.8) is 0 Å². The third kappa shape index (κ3) is 2.32. The minimum absolute atomic E-state index is 0.0305. The minimum Gasteiger partial charge on any atom is -0.391 e. The van der Waals surface area contributed by atoms with Gasteiger partial charge in [-0.1, -0.05) is 0 Å². The Labute approximate surface area is 127 Å². The van der Waals surface area contributed by atoms with Crippen LogP contribution in [-0.2, 0) is 0 Å². The van der Waals surface area contributed by atoms with Crippen LogP contribution in [0.5, 0.6) is 0 Å². The van der Waals surface area contributed by atoms with E-state index in [4.69, 9.17) is 0 Å². The largest absolute Gasteiger partial charge is 0.391 e. The van der Waals surface area contributed by atoms with Crippen molar-refractivity contribution < 1.29 is 9.90 Å². The lowest BCUT2D eigenvalue weighted by Gasteiger charge is -2.14. The second-order valence-corrected chi connectivity index (χ2v) is 6.42. The van der Waals surface area contributed by atoms with Gasteiger partial charge in [0.05, 0.1) is 11.7 Å². The summed E-state index contributed by atoms with van der Waals surface area (Å²) in [5.74, 6) is -0.0305. The molecule has 0 saturated carbocycles. The van der Waals surface area contributed by atoms with Crippen LogP contribution in [0.15, 0.2) is 27.3 Å². The third-order valence-corrected chi connectivity index (χ3v) is 5.25. The number of carbonyl (C=O) groups is 1. The number of amides is 1. The van der Waals surface area contributed by atoms with Crippen LogP contribution in [0.25, 0.3) is 10.9 Å². The molecule has 1 saturated heterocycles. The van der Waals surface area contributed by atoms with E-state index in [2.05, 4.69) is 36.8 Å². The topological polar surface area (TPSA) is 56.3 Å². The van der Waals surface area contributed by atoms with Crippen LogP contribution in [0.4, 0.5) is 0 Å². The van der Waals surface area contributed by atoms with Crippen molar-refractivity contribution in [2.24, 2.45) is 0 Å². The van der Waals surface area contributed by atoms with Gasteiger partial charge in [-0.15, -0.1) is 0 Å². The van der Waals surface area contributed by atoms with Crippen LogP contribution < -0.4 is 0 Å². The van der Waals surface area contributed by atoms with Crippen molar-refractivity contribution in [2.45, 2.75) is 12.5 Å². The highest BCUT2D eigenvalue weighted by molar-refractivity contribution is 9.13. The molecule has 6 heteroatoms. The molecule has 1 unspecified atom stereocenters. The predicted octanol–water partition coefficient (Wildman–Crippen LogP) is 2.90. The van der Waals surface area contributed by atoms with Gasteiger partial charge in [-0.25, -0.2) is 0 Å². The van der Waals surface area contributed by atoms with E-state index >= 15 is 0 Å². The molecule has 1 aliphatic rings. The average Bonchev–Trinajstić information content (AvgIpc) is 2.96. The molecule has 1 aromatic heterocycles. The number of β-amino-alcohol motifs (C(OH)–C–C–N with tert-alkyl or cyclic N) is 1. The van der Waals surface area contributed by atoms with Crippen LogP contribution in [-0.4, -0.2) is 40.1 Å². The molecule has 4 nitrogen and oxygen atoms in total. The zero-order valence-corrected chi connectivity index (χ0v) is 13.2. The highest BCUT2D eigenvalue weighted by Crippen LogP contribution is 2.30. The van der Waals surface area contributed by atoms with Gasteiger partial charge in [-0.05, 0) is 50.4 Å². The van der Waals surface area contributed by atoms with Gasteiger partial charge in [0, 0.05) is 39.1 Å². The molecule has 1 aliphatic heterocycles. The number of nitrogens with one attached hydrogen (secondary N) is 1. The summed E-state index contributed by atoms with van der Waals surface area (Å²) in [6.07, 6.45) is 2.00. The molecule has 1 atom stereocenters. The normalized spacial score (nSPS) is 19.3. The lowest BCUT2D eigenvalue weighted by molar-refractivity contribution is 0.0767. The van der Waals surface area contributed by atoms with E-state index in [1.165, 1.54) is 0 Å². The maximum Gasteiger partial charge on any atom is 0.256 e. The van der Waals surface area contributed by atoms with E-state index in [-0.39, 0.29) is 5.91 Å². The van der Waals surface area contributed by atoms with Gasteiger partial charge in [0.25, 0.3) is 5.91 Å². The molecular weight excluding hydrogens is 376 g/mol. The lowest BCUT2D eigenvalue weighted by atomic mass is 10.1. The maximum absolute atomic E-state index is 12.4. The Balaban J connectivity index is 2.01. The Bertz CT molecular complexity index is 653. The second-order valence-electron chi connectivity index (χ2n) is 4.71. The van der Waals surface area contributed by atoms with Crippen molar-refractivity contribution >= 4 is 48.7 Å². The van der Waals surface area contributed by atoms with Crippen LogP contribution in [0, 0.1) is 0 Å². The quantitative estimate of drug-likeness (QED) is 0.790. The number of fused-ring (bicyclic) bond motifs is 1. The molecule has 2 N–H and O–H groups in total. The summed E-state index contributed by atoms with van der Waals surface area (Å²) in [5, 5.41) is 10.4. The van der Waals surface area contributed by atoms with E-state index in [1.54, 1.807) is 11.1 Å². The first-order valence-corrected chi connectivity index (χ1v) is 7.58. The summed E-state index contributed by atoms with van der Waals surface area (Å²) in [4.78, 5) is 17.2. The molecule has 0 radical (unpaired) electrons. The van der Waals surface area contributed by atoms with Gasteiger partial charge in [-0.3, -0.25) is 4.79 Å². The molecule has 0 spiro atoms. The monoisotopic (exact) mass is 386 g/mol. The number of nitrogens with zero attached hydrogens (tertiary/aromatic N) is 1. The second kappa shape index (κ2) is 4.92. The number of aromatic nitrogens is 1. The minimum atomic E-state index is -0.393. The number of halogens is 2. The smallest absolute Gasteiger partial charge is 0.256 e. The van der Waals surface area contributed by atoms with Gasteiger partial charge in [-0.2, -0.15) is 0 Å². The van der Waals surface area contributed by atoms with Crippen molar-refractivity contribution in [1.82, 2.24) is 9.88 Å². The molecule has 1 aromatic carbocycles. The Morgan fingerprint density at radius 1 is 1.37 bits per heavy atom. The number of likely N-dealkylation sites (tertiary alicyclic amines) is 1. The van der Waals surface area contributed by atoms with E-state index in [1.807, 2.05) is 12.1 Å². The first kappa shape index (κ1) is 13.1. The molecule has 2 heterocycles. The number of rotatable bonds is 1. The summed E-state index contributed by atoms with van der Waals surface area (Å²) in [5.41, 5.74) is 1.57. The van der Waals surface area contributed by atoms with Crippen molar-refractivity contribution in [1.29, 1.82) is 0 Å². The number of carbonyl (C=O) groups excluding carboxylic acids is 1. The summed E-state index contributed by atoms with van der Waals surface area (Å²) in [6, 6.07) is 3.87. The predicted molar refractivity (Wildman–Crippen MR) is 80.2 cm³/mol. The fourth-order valence-corrected chi connectivity index (χ4v) is 3.08. The third-order valence-electron chi connectivity index (χ3n) is 3.40. The van der Waals surface area contributed by atoms with Crippen molar-refractivity contribution in [3.05, 3.63) is 32.8 Å². The van der Waals surface area contributed by atoms with Crippen LogP contribution >= 0.6 is 31.9 Å². The van der Waals surface area contributed by atoms with Crippen molar-refractivity contribution in [3.8, 4) is 0 Å². The first-order chi connectivity index (χ1) is 9.06. The van der Waals surface area contributed by atoms with Gasteiger partial charge in [0.15, 0.2) is 0 Å². The van der Waals surface area contributed by atoms with E-state index < -0.39 is 6.10 Å². The number of aliphatic hydroxyl groups excluding tert-OH is 1. The number of H-pyrrole nitrogens is 1. The highest BCUT2D eigenvalue weighted by Gasteiger charge is 2.27. The molecule has 100 valence electrons. The summed E-state index contributed by atoms with van der Waals surface area (Å²) < 4.78 is 1.85. The van der Waals surface area contributed by atoms with Gasteiger partial charge in [0.2, 0.25) is 0 Å². The van der Waals surface area contributed by atoms with E-state index in [0.29, 0.717) is 25.1 Å². The number of hydrogen-bond acceptors (Lipinski definition) is 2. The Morgan fingerprint density at radius 3 is 2.79 bits per heavy atom. The fourth-order valence-electron chi connectivity index (χ4n) is 2.39. The molecule has 1 fully saturated rings.